The number of carbonyl (C=O) groups is 1. The third-order valence-electron chi connectivity index (χ3n) is 2.37. The van der Waals surface area contributed by atoms with Crippen LogP contribution in [0.5, 0.6) is 0 Å². The molecule has 0 saturated carbocycles. The van der Waals surface area contributed by atoms with Gasteiger partial charge in [-0.05, 0) is 30.2 Å². The molecule has 1 atom stereocenters. The van der Waals surface area contributed by atoms with Gasteiger partial charge in [-0.15, -0.1) is 0 Å². The fourth-order valence-electron chi connectivity index (χ4n) is 1.26. The highest BCUT2D eigenvalue weighted by molar-refractivity contribution is 9.10. The van der Waals surface area contributed by atoms with Crippen LogP contribution in [0.1, 0.15) is 13.8 Å². The summed E-state index contributed by atoms with van der Waals surface area (Å²) >= 11 is 3.35. The third-order valence-corrected chi connectivity index (χ3v) is 3.81. The van der Waals surface area contributed by atoms with Crippen molar-refractivity contribution in [3.63, 3.8) is 0 Å². The Morgan fingerprint density at radius 2 is 1.81 bits per heavy atom. The van der Waals surface area contributed by atoms with E-state index in [9.17, 15) is 9.18 Å². The van der Waals surface area contributed by atoms with Gasteiger partial charge in [-0.2, -0.15) is 0 Å². The van der Waals surface area contributed by atoms with Crippen molar-refractivity contribution in [2.45, 2.75) is 18.7 Å². The van der Waals surface area contributed by atoms with Gasteiger partial charge < -0.3 is 4.90 Å². The average Bonchev–Trinajstić information content (AvgIpc) is 2.27. The van der Waals surface area contributed by atoms with Crippen LogP contribution in [0.3, 0.4) is 0 Å². The third kappa shape index (κ3) is 3.04. The second kappa shape index (κ2) is 5.43. The molecule has 0 aliphatic heterocycles. The van der Waals surface area contributed by atoms with Crippen LogP contribution in [0.15, 0.2) is 24.3 Å². The predicted octanol–water partition coefficient (Wildman–Crippen LogP) is 3.21. The topological polar surface area (TPSA) is 20.3 Å². The first-order chi connectivity index (χ1) is 7.43. The van der Waals surface area contributed by atoms with Gasteiger partial charge in [0.2, 0.25) is 5.91 Å². The normalized spacial score (nSPS) is 12.6. The van der Waals surface area contributed by atoms with E-state index in [1.165, 1.54) is 17.0 Å². The lowest BCUT2D eigenvalue weighted by Gasteiger charge is -2.22. The minimum absolute atomic E-state index is 0.0263. The van der Waals surface area contributed by atoms with Gasteiger partial charge in [0.1, 0.15) is 5.82 Å². The molecule has 88 valence electrons. The van der Waals surface area contributed by atoms with Crippen LogP contribution >= 0.6 is 15.9 Å². The van der Waals surface area contributed by atoms with Gasteiger partial charge in [-0.1, -0.05) is 29.8 Å². The monoisotopic (exact) mass is 287 g/mol. The van der Waals surface area contributed by atoms with Gasteiger partial charge in [-0.25, -0.2) is 4.39 Å². The number of carbonyl (C=O) groups excluding carboxylic acids is 1. The lowest BCUT2D eigenvalue weighted by Crippen LogP contribution is -2.35. The molecule has 0 radical (unpaired) electrons. The molecule has 16 heavy (non-hydrogen) atoms. The smallest absolute Gasteiger partial charge is 0.240 e. The fourth-order valence-corrected chi connectivity index (χ4v) is 1.57. The van der Waals surface area contributed by atoms with Gasteiger partial charge >= 0.3 is 0 Å². The Morgan fingerprint density at radius 1 is 1.31 bits per heavy atom. The number of alkyl halides is 1. The van der Waals surface area contributed by atoms with Crippen molar-refractivity contribution in [3.8, 4) is 0 Å². The van der Waals surface area contributed by atoms with Gasteiger partial charge in [0, 0.05) is 12.7 Å². The zero-order valence-electron chi connectivity index (χ0n) is 9.58. The van der Waals surface area contributed by atoms with Gasteiger partial charge in [0.25, 0.3) is 0 Å². The number of hydrogen-bond acceptors (Lipinski definition) is 1. The van der Waals surface area contributed by atoms with Crippen molar-refractivity contribution >= 4 is 27.5 Å². The Bertz CT molecular complexity index is 364. The summed E-state index contributed by atoms with van der Waals surface area (Å²) in [5.74, 6) is -0.110. The lowest BCUT2D eigenvalue weighted by molar-refractivity contribution is -0.118. The highest BCUT2D eigenvalue weighted by Crippen LogP contribution is 2.19. The van der Waals surface area contributed by atoms with Crippen molar-refractivity contribution in [3.05, 3.63) is 30.1 Å². The quantitative estimate of drug-likeness (QED) is 0.782. The van der Waals surface area contributed by atoms with Crippen LogP contribution in [-0.4, -0.2) is 17.8 Å². The molecule has 4 heteroatoms. The molecular weight excluding hydrogens is 273 g/mol. The van der Waals surface area contributed by atoms with Crippen molar-refractivity contribution in [1.29, 1.82) is 0 Å². The Kier molecular flexibility index (Phi) is 4.47. The van der Waals surface area contributed by atoms with Crippen LogP contribution in [-0.2, 0) is 4.79 Å². The second-order valence-electron chi connectivity index (χ2n) is 4.02. The fraction of sp³-hybridized carbons (Fsp3) is 0.417. The predicted molar refractivity (Wildman–Crippen MR) is 67.4 cm³/mol. The van der Waals surface area contributed by atoms with Crippen LogP contribution in [0.25, 0.3) is 0 Å². The number of hydrogen-bond donors (Lipinski definition) is 0. The van der Waals surface area contributed by atoms with E-state index < -0.39 is 0 Å². The maximum atomic E-state index is 12.7. The van der Waals surface area contributed by atoms with Crippen LogP contribution in [0.2, 0.25) is 0 Å². The van der Waals surface area contributed by atoms with E-state index in [0.29, 0.717) is 5.69 Å². The molecular formula is C12H15BrFNO. The molecule has 1 aromatic rings. The summed E-state index contributed by atoms with van der Waals surface area (Å²) in [6.07, 6.45) is 0. The summed E-state index contributed by atoms with van der Waals surface area (Å²) in [6.45, 7) is 3.94. The zero-order chi connectivity index (χ0) is 12.3. The molecule has 0 fully saturated rings. The minimum Gasteiger partial charge on any atom is -0.315 e. The van der Waals surface area contributed by atoms with Crippen molar-refractivity contribution in [2.75, 3.05) is 11.9 Å². The van der Waals surface area contributed by atoms with Gasteiger partial charge in [0.15, 0.2) is 0 Å². The molecule has 0 aliphatic rings. The van der Waals surface area contributed by atoms with Crippen molar-refractivity contribution in [2.24, 2.45) is 5.92 Å². The Morgan fingerprint density at radius 3 is 2.25 bits per heavy atom. The number of nitrogens with zero attached hydrogens (tertiary/aromatic N) is 1. The summed E-state index contributed by atoms with van der Waals surface area (Å²) in [4.78, 5) is 13.3. The largest absolute Gasteiger partial charge is 0.315 e. The van der Waals surface area contributed by atoms with Crippen LogP contribution < -0.4 is 4.90 Å². The van der Waals surface area contributed by atoms with Gasteiger partial charge in [-0.3, -0.25) is 4.79 Å². The maximum Gasteiger partial charge on any atom is 0.240 e. The van der Waals surface area contributed by atoms with E-state index in [1.54, 1.807) is 19.2 Å². The second-order valence-corrected chi connectivity index (χ2v) is 5.01. The zero-order valence-corrected chi connectivity index (χ0v) is 11.2. The Labute approximate surface area is 104 Å². The summed E-state index contributed by atoms with van der Waals surface area (Å²) in [5, 5.41) is 0. The minimum atomic E-state index is -0.302. The first kappa shape index (κ1) is 13.2. The summed E-state index contributed by atoms with van der Waals surface area (Å²) < 4.78 is 12.7. The SMILES string of the molecule is CC(C)C(Br)C(=O)N(C)c1ccc(F)cc1. The summed E-state index contributed by atoms with van der Waals surface area (Å²) in [5.41, 5.74) is 0.691. The lowest BCUT2D eigenvalue weighted by atomic mass is 10.1. The van der Waals surface area contributed by atoms with Crippen molar-refractivity contribution in [1.82, 2.24) is 0 Å². The molecule has 1 amide bonds. The molecule has 1 aromatic carbocycles. The number of rotatable bonds is 3. The van der Waals surface area contributed by atoms with Crippen molar-refractivity contribution < 1.29 is 9.18 Å². The summed E-state index contributed by atoms with van der Waals surface area (Å²) in [7, 11) is 1.69. The van der Waals surface area contributed by atoms with E-state index in [1.807, 2.05) is 13.8 Å². The first-order valence-electron chi connectivity index (χ1n) is 5.10. The van der Waals surface area contributed by atoms with Gasteiger partial charge in [0.05, 0.1) is 4.83 Å². The molecule has 1 rings (SSSR count). The van der Waals surface area contributed by atoms with E-state index >= 15 is 0 Å². The number of benzene rings is 1. The van der Waals surface area contributed by atoms with Crippen LogP contribution in [0.4, 0.5) is 10.1 Å². The molecule has 2 nitrogen and oxygen atoms in total. The standard InChI is InChI=1S/C12H15BrFNO/c1-8(2)11(13)12(16)15(3)10-6-4-9(14)5-7-10/h4-8,11H,1-3H3. The summed E-state index contributed by atoms with van der Waals surface area (Å²) in [6, 6.07) is 5.87. The molecule has 0 aliphatic carbocycles. The number of anilines is 1. The van der Waals surface area contributed by atoms with E-state index in [2.05, 4.69) is 15.9 Å². The van der Waals surface area contributed by atoms with Crippen LogP contribution in [0, 0.1) is 11.7 Å². The number of halogens is 2. The molecule has 0 N–H and O–H groups in total. The Hall–Kier alpha value is -0.900. The number of amides is 1. The average molecular weight is 288 g/mol. The molecule has 0 bridgehead atoms. The molecule has 1 unspecified atom stereocenters. The highest BCUT2D eigenvalue weighted by atomic mass is 79.9. The molecule has 0 heterocycles. The molecule has 0 spiro atoms. The van der Waals surface area contributed by atoms with E-state index in [-0.39, 0.29) is 22.5 Å². The highest BCUT2D eigenvalue weighted by Gasteiger charge is 2.22. The van der Waals surface area contributed by atoms with E-state index in [4.69, 9.17) is 0 Å². The molecule has 0 aromatic heterocycles. The maximum absolute atomic E-state index is 12.7. The first-order valence-corrected chi connectivity index (χ1v) is 6.02. The molecule has 0 saturated heterocycles. The van der Waals surface area contributed by atoms with E-state index in [0.717, 1.165) is 0 Å². The Balaban J connectivity index is 2.82.